The van der Waals surface area contributed by atoms with E-state index in [2.05, 4.69) is 15.5 Å². The molecule has 3 rings (SSSR count). The molecule has 0 radical (unpaired) electrons. The van der Waals surface area contributed by atoms with Crippen molar-refractivity contribution in [1.82, 2.24) is 10.1 Å². The summed E-state index contributed by atoms with van der Waals surface area (Å²) in [6.07, 6.45) is 0. The van der Waals surface area contributed by atoms with E-state index in [1.165, 1.54) is 0 Å². The van der Waals surface area contributed by atoms with Gasteiger partial charge in [-0.15, -0.1) is 0 Å². The van der Waals surface area contributed by atoms with Gasteiger partial charge in [-0.1, -0.05) is 5.16 Å². The highest BCUT2D eigenvalue weighted by Crippen LogP contribution is 2.20. The van der Waals surface area contributed by atoms with Crippen molar-refractivity contribution in [2.45, 2.75) is 13.5 Å². The molecular formula is C19H19N3O4. The highest BCUT2D eigenvalue weighted by molar-refractivity contribution is 5.89. The predicted octanol–water partition coefficient (Wildman–Crippen LogP) is 3.53. The van der Waals surface area contributed by atoms with Crippen molar-refractivity contribution >= 4 is 11.7 Å². The van der Waals surface area contributed by atoms with Crippen LogP contribution in [0.4, 0.5) is 5.69 Å². The molecular weight excluding hydrogens is 334 g/mol. The van der Waals surface area contributed by atoms with Gasteiger partial charge in [0.1, 0.15) is 5.75 Å². The van der Waals surface area contributed by atoms with Gasteiger partial charge in [-0.25, -0.2) is 4.79 Å². The fraction of sp³-hybridized carbons (Fsp3) is 0.211. The van der Waals surface area contributed by atoms with Crippen molar-refractivity contribution in [3.8, 4) is 17.1 Å². The molecule has 1 aromatic heterocycles. The number of hydrogen-bond acceptors (Lipinski definition) is 7. The van der Waals surface area contributed by atoms with Crippen molar-refractivity contribution in [1.29, 1.82) is 0 Å². The molecule has 7 heteroatoms. The summed E-state index contributed by atoms with van der Waals surface area (Å²) in [7, 11) is 1.62. The van der Waals surface area contributed by atoms with Crippen molar-refractivity contribution in [2.75, 3.05) is 19.0 Å². The number of carbonyl (C=O) groups is 1. The fourth-order valence-corrected chi connectivity index (χ4v) is 2.30. The summed E-state index contributed by atoms with van der Waals surface area (Å²) < 4.78 is 15.3. The molecule has 0 aliphatic heterocycles. The third-order valence-corrected chi connectivity index (χ3v) is 3.66. The molecule has 0 fully saturated rings. The van der Waals surface area contributed by atoms with E-state index in [1.807, 2.05) is 24.3 Å². The van der Waals surface area contributed by atoms with E-state index in [1.54, 1.807) is 38.3 Å². The second-order valence-corrected chi connectivity index (χ2v) is 5.39. The zero-order valence-electron chi connectivity index (χ0n) is 14.6. The Morgan fingerprint density at radius 3 is 2.50 bits per heavy atom. The van der Waals surface area contributed by atoms with Gasteiger partial charge in [0, 0.05) is 11.3 Å². The normalized spacial score (nSPS) is 10.4. The molecule has 0 saturated carbocycles. The third kappa shape index (κ3) is 4.18. The minimum atomic E-state index is -0.333. The number of carbonyl (C=O) groups excluding carboxylic acids is 1. The summed E-state index contributed by atoms with van der Waals surface area (Å²) in [6.45, 7) is 2.51. The summed E-state index contributed by atoms with van der Waals surface area (Å²) >= 11 is 0. The molecule has 0 aliphatic rings. The molecule has 3 aromatic rings. The maximum atomic E-state index is 11.6. The first-order valence-corrected chi connectivity index (χ1v) is 8.17. The Kier molecular flexibility index (Phi) is 5.48. The van der Waals surface area contributed by atoms with E-state index in [4.69, 9.17) is 14.0 Å². The number of benzene rings is 2. The minimum Gasteiger partial charge on any atom is -0.497 e. The molecule has 0 saturated heterocycles. The summed E-state index contributed by atoms with van der Waals surface area (Å²) in [5.74, 6) is 1.41. The summed E-state index contributed by atoms with van der Waals surface area (Å²) in [6, 6.07) is 14.4. The molecule has 134 valence electrons. The monoisotopic (exact) mass is 353 g/mol. The second kappa shape index (κ2) is 8.15. The van der Waals surface area contributed by atoms with Crippen LogP contribution in [0.5, 0.6) is 5.75 Å². The van der Waals surface area contributed by atoms with E-state index in [0.717, 1.165) is 17.0 Å². The quantitative estimate of drug-likeness (QED) is 0.650. The first-order valence-electron chi connectivity index (χ1n) is 8.17. The van der Waals surface area contributed by atoms with E-state index in [-0.39, 0.29) is 5.97 Å². The van der Waals surface area contributed by atoms with Crippen LogP contribution in [-0.2, 0) is 11.3 Å². The first-order chi connectivity index (χ1) is 12.7. The number of anilines is 1. The Morgan fingerprint density at radius 2 is 1.85 bits per heavy atom. The van der Waals surface area contributed by atoms with Crippen LogP contribution in [-0.4, -0.2) is 29.8 Å². The van der Waals surface area contributed by atoms with Gasteiger partial charge in [0.15, 0.2) is 0 Å². The van der Waals surface area contributed by atoms with Crippen LogP contribution in [0.2, 0.25) is 0 Å². The van der Waals surface area contributed by atoms with Crippen LogP contribution in [0.1, 0.15) is 23.2 Å². The van der Waals surface area contributed by atoms with Gasteiger partial charge in [-0.05, 0) is 55.5 Å². The lowest BCUT2D eigenvalue weighted by molar-refractivity contribution is 0.0526. The highest BCUT2D eigenvalue weighted by Gasteiger charge is 2.09. The van der Waals surface area contributed by atoms with Gasteiger partial charge < -0.3 is 19.3 Å². The van der Waals surface area contributed by atoms with Gasteiger partial charge in [-0.3, -0.25) is 0 Å². The maximum Gasteiger partial charge on any atom is 0.338 e. The lowest BCUT2D eigenvalue weighted by atomic mass is 10.2. The van der Waals surface area contributed by atoms with E-state index < -0.39 is 0 Å². The van der Waals surface area contributed by atoms with Crippen LogP contribution in [0.25, 0.3) is 11.4 Å². The summed E-state index contributed by atoms with van der Waals surface area (Å²) in [5, 5.41) is 7.16. The zero-order valence-corrected chi connectivity index (χ0v) is 14.6. The number of rotatable bonds is 7. The van der Waals surface area contributed by atoms with E-state index in [9.17, 15) is 4.79 Å². The molecule has 0 spiro atoms. The fourth-order valence-electron chi connectivity index (χ4n) is 2.30. The Morgan fingerprint density at radius 1 is 1.12 bits per heavy atom. The Bertz CT molecular complexity index is 857. The van der Waals surface area contributed by atoms with E-state index >= 15 is 0 Å². The van der Waals surface area contributed by atoms with Gasteiger partial charge >= 0.3 is 5.97 Å². The van der Waals surface area contributed by atoms with Gasteiger partial charge in [0.25, 0.3) is 0 Å². The Labute approximate surface area is 150 Å². The highest BCUT2D eigenvalue weighted by atomic mass is 16.5. The van der Waals surface area contributed by atoms with Crippen LogP contribution in [0.15, 0.2) is 53.1 Å². The molecule has 0 unspecified atom stereocenters. The number of methoxy groups -OCH3 is 1. The van der Waals surface area contributed by atoms with Crippen LogP contribution in [0.3, 0.4) is 0 Å². The minimum absolute atomic E-state index is 0.333. The molecule has 7 nitrogen and oxygen atoms in total. The van der Waals surface area contributed by atoms with Crippen LogP contribution < -0.4 is 10.1 Å². The number of nitrogens with zero attached hydrogens (tertiary/aromatic N) is 2. The van der Waals surface area contributed by atoms with Gasteiger partial charge in [0.2, 0.25) is 11.7 Å². The Hall–Kier alpha value is -3.35. The summed E-state index contributed by atoms with van der Waals surface area (Å²) in [4.78, 5) is 16.0. The van der Waals surface area contributed by atoms with Crippen molar-refractivity contribution < 1.29 is 18.8 Å². The molecule has 1 N–H and O–H groups in total. The number of esters is 1. The second-order valence-electron chi connectivity index (χ2n) is 5.39. The van der Waals surface area contributed by atoms with Crippen LogP contribution in [0, 0.1) is 0 Å². The largest absolute Gasteiger partial charge is 0.497 e. The number of aromatic nitrogens is 2. The van der Waals surface area contributed by atoms with Gasteiger partial charge in [-0.2, -0.15) is 4.98 Å². The molecule has 0 bridgehead atoms. The lowest BCUT2D eigenvalue weighted by Crippen LogP contribution is -2.05. The average molecular weight is 353 g/mol. The molecule has 0 atom stereocenters. The molecule has 2 aromatic carbocycles. The average Bonchev–Trinajstić information content (AvgIpc) is 3.16. The zero-order chi connectivity index (χ0) is 18.4. The smallest absolute Gasteiger partial charge is 0.338 e. The molecule has 0 amide bonds. The first kappa shape index (κ1) is 17.5. The van der Waals surface area contributed by atoms with Crippen LogP contribution >= 0.6 is 0 Å². The maximum absolute atomic E-state index is 11.6. The summed E-state index contributed by atoms with van der Waals surface area (Å²) in [5.41, 5.74) is 2.19. The standard InChI is InChI=1S/C19H19N3O4/c1-3-25-19(23)14-4-8-15(9-5-14)20-12-17-21-18(22-26-17)13-6-10-16(24-2)11-7-13/h4-11,20H,3,12H2,1-2H3. The number of hydrogen-bond donors (Lipinski definition) is 1. The lowest BCUT2D eigenvalue weighted by Gasteiger charge is -2.05. The molecule has 26 heavy (non-hydrogen) atoms. The Balaban J connectivity index is 1.60. The van der Waals surface area contributed by atoms with Gasteiger partial charge in [0.05, 0.1) is 25.8 Å². The molecule has 0 aliphatic carbocycles. The predicted molar refractivity (Wildman–Crippen MR) is 96.0 cm³/mol. The van der Waals surface area contributed by atoms with Crippen molar-refractivity contribution in [2.24, 2.45) is 0 Å². The SMILES string of the molecule is CCOC(=O)c1ccc(NCc2nc(-c3ccc(OC)cc3)no2)cc1. The number of nitrogens with one attached hydrogen (secondary N) is 1. The topological polar surface area (TPSA) is 86.5 Å². The number of ether oxygens (including phenoxy) is 2. The van der Waals surface area contributed by atoms with Crippen molar-refractivity contribution in [3.63, 3.8) is 0 Å². The van der Waals surface area contributed by atoms with E-state index in [0.29, 0.717) is 30.4 Å². The molecule has 1 heterocycles. The van der Waals surface area contributed by atoms with Crippen molar-refractivity contribution in [3.05, 3.63) is 60.0 Å². The third-order valence-electron chi connectivity index (χ3n) is 3.66.